The SMILES string of the molecule is CCC(CC)CN(CC)C(=O)Cc1ccc(OC)cc1. The van der Waals surface area contributed by atoms with E-state index in [4.69, 9.17) is 4.74 Å². The fourth-order valence-corrected chi connectivity index (χ4v) is 2.30. The zero-order chi connectivity index (χ0) is 15.0. The lowest BCUT2D eigenvalue weighted by Gasteiger charge is -2.25. The van der Waals surface area contributed by atoms with Crippen LogP contribution in [0.1, 0.15) is 39.2 Å². The lowest BCUT2D eigenvalue weighted by atomic mass is 10.0. The van der Waals surface area contributed by atoms with Crippen molar-refractivity contribution in [1.82, 2.24) is 4.90 Å². The molecule has 3 heteroatoms. The molecule has 3 nitrogen and oxygen atoms in total. The quantitative estimate of drug-likeness (QED) is 0.727. The molecule has 0 fully saturated rings. The molecule has 1 rings (SSSR count). The van der Waals surface area contributed by atoms with Gasteiger partial charge in [-0.25, -0.2) is 0 Å². The first-order chi connectivity index (χ1) is 9.64. The molecular formula is C17H27NO2. The predicted octanol–water partition coefficient (Wildman–Crippen LogP) is 3.52. The van der Waals surface area contributed by atoms with Gasteiger partial charge in [-0.1, -0.05) is 38.8 Å². The van der Waals surface area contributed by atoms with Gasteiger partial charge in [0.05, 0.1) is 13.5 Å². The number of hydrogen-bond acceptors (Lipinski definition) is 2. The minimum Gasteiger partial charge on any atom is -0.497 e. The van der Waals surface area contributed by atoms with E-state index in [9.17, 15) is 4.79 Å². The van der Waals surface area contributed by atoms with Gasteiger partial charge < -0.3 is 9.64 Å². The van der Waals surface area contributed by atoms with E-state index in [1.165, 1.54) is 0 Å². The Labute approximate surface area is 122 Å². The topological polar surface area (TPSA) is 29.5 Å². The normalized spacial score (nSPS) is 10.7. The molecule has 0 spiro atoms. The summed E-state index contributed by atoms with van der Waals surface area (Å²) in [5, 5.41) is 0. The lowest BCUT2D eigenvalue weighted by Crippen LogP contribution is -2.36. The standard InChI is InChI=1S/C17H27NO2/c1-5-14(6-2)13-18(7-3)17(19)12-15-8-10-16(20-4)11-9-15/h8-11,14H,5-7,12-13H2,1-4H3. The van der Waals surface area contributed by atoms with E-state index in [1.54, 1.807) is 7.11 Å². The smallest absolute Gasteiger partial charge is 0.226 e. The summed E-state index contributed by atoms with van der Waals surface area (Å²) in [6.07, 6.45) is 2.73. The van der Waals surface area contributed by atoms with E-state index in [0.29, 0.717) is 12.3 Å². The molecule has 0 aliphatic carbocycles. The van der Waals surface area contributed by atoms with Gasteiger partial charge in [-0.05, 0) is 30.5 Å². The fraction of sp³-hybridized carbons (Fsp3) is 0.588. The number of rotatable bonds is 8. The second-order valence-corrected chi connectivity index (χ2v) is 5.14. The number of nitrogens with zero attached hydrogens (tertiary/aromatic N) is 1. The van der Waals surface area contributed by atoms with Crippen molar-refractivity contribution in [3.63, 3.8) is 0 Å². The van der Waals surface area contributed by atoms with Crippen LogP contribution in [-0.2, 0) is 11.2 Å². The third kappa shape index (κ3) is 4.87. The Morgan fingerprint density at radius 3 is 2.20 bits per heavy atom. The number of carbonyl (C=O) groups excluding carboxylic acids is 1. The first-order valence-corrected chi connectivity index (χ1v) is 7.55. The average molecular weight is 277 g/mol. The number of ether oxygens (including phenoxy) is 1. The molecule has 1 amide bonds. The summed E-state index contributed by atoms with van der Waals surface area (Å²) in [5.41, 5.74) is 1.04. The second-order valence-electron chi connectivity index (χ2n) is 5.14. The van der Waals surface area contributed by atoms with Crippen molar-refractivity contribution in [2.24, 2.45) is 5.92 Å². The fourth-order valence-electron chi connectivity index (χ4n) is 2.30. The Morgan fingerprint density at radius 2 is 1.75 bits per heavy atom. The zero-order valence-electron chi connectivity index (χ0n) is 13.2. The molecule has 0 saturated carbocycles. The largest absolute Gasteiger partial charge is 0.497 e. The van der Waals surface area contributed by atoms with Crippen LogP contribution in [0.25, 0.3) is 0 Å². The van der Waals surface area contributed by atoms with Crippen LogP contribution in [0.15, 0.2) is 24.3 Å². The van der Waals surface area contributed by atoms with Crippen LogP contribution in [0.3, 0.4) is 0 Å². The molecule has 0 saturated heterocycles. The second kappa shape index (κ2) is 8.62. The van der Waals surface area contributed by atoms with E-state index < -0.39 is 0 Å². The molecule has 20 heavy (non-hydrogen) atoms. The molecule has 0 aliphatic heterocycles. The lowest BCUT2D eigenvalue weighted by molar-refractivity contribution is -0.130. The first-order valence-electron chi connectivity index (χ1n) is 7.55. The van der Waals surface area contributed by atoms with Gasteiger partial charge in [-0.15, -0.1) is 0 Å². The molecule has 1 aromatic rings. The van der Waals surface area contributed by atoms with Crippen LogP contribution in [-0.4, -0.2) is 31.0 Å². The number of hydrogen-bond donors (Lipinski definition) is 0. The van der Waals surface area contributed by atoms with Crippen LogP contribution < -0.4 is 4.74 Å². The van der Waals surface area contributed by atoms with Crippen LogP contribution in [0, 0.1) is 5.92 Å². The number of methoxy groups -OCH3 is 1. The summed E-state index contributed by atoms with van der Waals surface area (Å²) in [7, 11) is 1.65. The Bertz CT molecular complexity index is 396. The van der Waals surface area contributed by atoms with E-state index in [1.807, 2.05) is 36.1 Å². The third-order valence-electron chi connectivity index (χ3n) is 3.88. The van der Waals surface area contributed by atoms with Gasteiger partial charge in [-0.3, -0.25) is 4.79 Å². The summed E-state index contributed by atoms with van der Waals surface area (Å²) in [4.78, 5) is 14.3. The Hall–Kier alpha value is -1.51. The summed E-state index contributed by atoms with van der Waals surface area (Å²) >= 11 is 0. The average Bonchev–Trinajstić information content (AvgIpc) is 2.49. The molecule has 0 radical (unpaired) electrons. The maximum Gasteiger partial charge on any atom is 0.226 e. The van der Waals surface area contributed by atoms with Crippen molar-refractivity contribution < 1.29 is 9.53 Å². The molecule has 0 heterocycles. The summed E-state index contributed by atoms with van der Waals surface area (Å²) in [5.74, 6) is 1.64. The monoisotopic (exact) mass is 277 g/mol. The zero-order valence-corrected chi connectivity index (χ0v) is 13.2. The summed E-state index contributed by atoms with van der Waals surface area (Å²) < 4.78 is 5.13. The van der Waals surface area contributed by atoms with Crippen LogP contribution in [0.4, 0.5) is 0 Å². The van der Waals surface area contributed by atoms with Gasteiger partial charge in [0.2, 0.25) is 5.91 Å². The number of benzene rings is 1. The Morgan fingerprint density at radius 1 is 1.15 bits per heavy atom. The summed E-state index contributed by atoms with van der Waals surface area (Å²) in [6.45, 7) is 8.09. The van der Waals surface area contributed by atoms with E-state index in [-0.39, 0.29) is 5.91 Å². The van der Waals surface area contributed by atoms with E-state index >= 15 is 0 Å². The minimum absolute atomic E-state index is 0.213. The highest BCUT2D eigenvalue weighted by Gasteiger charge is 2.16. The van der Waals surface area contributed by atoms with Crippen molar-refractivity contribution in [2.75, 3.05) is 20.2 Å². The van der Waals surface area contributed by atoms with Crippen LogP contribution >= 0.6 is 0 Å². The minimum atomic E-state index is 0.213. The molecule has 1 aromatic carbocycles. The maximum absolute atomic E-state index is 12.4. The van der Waals surface area contributed by atoms with Gasteiger partial charge in [0.1, 0.15) is 5.75 Å². The number of likely N-dealkylation sites (N-methyl/N-ethyl adjacent to an activating group) is 1. The third-order valence-corrected chi connectivity index (χ3v) is 3.88. The van der Waals surface area contributed by atoms with Crippen molar-refractivity contribution in [3.8, 4) is 5.75 Å². The molecule has 0 unspecified atom stereocenters. The molecule has 0 atom stereocenters. The molecule has 112 valence electrons. The van der Waals surface area contributed by atoms with Crippen molar-refractivity contribution >= 4 is 5.91 Å². The Kier molecular flexibility index (Phi) is 7.13. The van der Waals surface area contributed by atoms with Gasteiger partial charge in [0.25, 0.3) is 0 Å². The number of carbonyl (C=O) groups is 1. The van der Waals surface area contributed by atoms with Gasteiger partial charge >= 0.3 is 0 Å². The van der Waals surface area contributed by atoms with Crippen LogP contribution in [0.2, 0.25) is 0 Å². The van der Waals surface area contributed by atoms with Crippen molar-refractivity contribution in [2.45, 2.75) is 40.0 Å². The highest BCUT2D eigenvalue weighted by molar-refractivity contribution is 5.78. The highest BCUT2D eigenvalue weighted by Crippen LogP contribution is 2.14. The predicted molar refractivity (Wildman–Crippen MR) is 83.0 cm³/mol. The molecule has 0 N–H and O–H groups in total. The molecular weight excluding hydrogens is 250 g/mol. The van der Waals surface area contributed by atoms with Gasteiger partial charge in [0.15, 0.2) is 0 Å². The van der Waals surface area contributed by atoms with Crippen molar-refractivity contribution in [1.29, 1.82) is 0 Å². The summed E-state index contributed by atoms with van der Waals surface area (Å²) in [6, 6.07) is 7.73. The van der Waals surface area contributed by atoms with Crippen LogP contribution in [0.5, 0.6) is 5.75 Å². The maximum atomic E-state index is 12.4. The molecule has 0 aliphatic rings. The number of amides is 1. The highest BCUT2D eigenvalue weighted by atomic mass is 16.5. The molecule has 0 aromatic heterocycles. The van der Waals surface area contributed by atoms with Gasteiger partial charge in [-0.2, -0.15) is 0 Å². The Balaban J connectivity index is 2.61. The van der Waals surface area contributed by atoms with E-state index in [2.05, 4.69) is 13.8 Å². The van der Waals surface area contributed by atoms with E-state index in [0.717, 1.165) is 37.2 Å². The first kappa shape index (κ1) is 16.5. The molecule has 0 bridgehead atoms. The van der Waals surface area contributed by atoms with Gasteiger partial charge in [0, 0.05) is 13.1 Å². The van der Waals surface area contributed by atoms with Crippen molar-refractivity contribution in [3.05, 3.63) is 29.8 Å².